The number of hydrogen-bond donors (Lipinski definition) is 2. The third kappa shape index (κ3) is 3.45. The summed E-state index contributed by atoms with van der Waals surface area (Å²) in [6, 6.07) is -0.440. The molecule has 1 saturated heterocycles. The molecule has 1 aliphatic heterocycles. The predicted octanol–water partition coefficient (Wildman–Crippen LogP) is 0.215. The lowest BCUT2D eigenvalue weighted by Gasteiger charge is -2.24. The summed E-state index contributed by atoms with van der Waals surface area (Å²) in [6.45, 7) is 10.6. The maximum atomic E-state index is 12.0. The lowest BCUT2D eigenvalue weighted by atomic mass is 9.97. The van der Waals surface area contributed by atoms with Gasteiger partial charge in [0.05, 0.1) is 5.92 Å². The van der Waals surface area contributed by atoms with Crippen LogP contribution in [-0.4, -0.2) is 48.9 Å². The molecule has 5 nitrogen and oxygen atoms in total. The summed E-state index contributed by atoms with van der Waals surface area (Å²) in [5.74, 6) is 0.296. The van der Waals surface area contributed by atoms with Gasteiger partial charge in [0.25, 0.3) is 0 Å². The highest BCUT2D eigenvalue weighted by molar-refractivity contribution is 5.88. The van der Waals surface area contributed by atoms with Gasteiger partial charge in [-0.3, -0.25) is 9.59 Å². The summed E-state index contributed by atoms with van der Waals surface area (Å²) in [5.41, 5.74) is 0. The first-order valence-electron chi connectivity index (χ1n) is 6.81. The zero-order valence-corrected chi connectivity index (χ0v) is 11.8. The molecule has 1 rings (SSSR count). The van der Waals surface area contributed by atoms with Crippen molar-refractivity contribution < 1.29 is 9.59 Å². The Morgan fingerprint density at radius 3 is 2.39 bits per heavy atom. The van der Waals surface area contributed by atoms with Crippen LogP contribution in [0.25, 0.3) is 0 Å². The second-order valence-electron chi connectivity index (χ2n) is 4.98. The number of amides is 2. The van der Waals surface area contributed by atoms with Crippen LogP contribution in [0.5, 0.6) is 0 Å². The topological polar surface area (TPSA) is 61.4 Å². The maximum Gasteiger partial charge on any atom is 0.244 e. The lowest BCUT2D eigenvalue weighted by Crippen LogP contribution is -2.49. The molecule has 0 aromatic heterocycles. The van der Waals surface area contributed by atoms with E-state index in [0.717, 1.165) is 6.54 Å². The Labute approximate surface area is 109 Å². The molecule has 1 aliphatic rings. The van der Waals surface area contributed by atoms with Gasteiger partial charge in [0.15, 0.2) is 0 Å². The van der Waals surface area contributed by atoms with Crippen molar-refractivity contribution in [3.8, 4) is 0 Å². The molecule has 104 valence electrons. The minimum atomic E-state index is -0.440. The highest BCUT2D eigenvalue weighted by atomic mass is 16.2. The summed E-state index contributed by atoms with van der Waals surface area (Å²) in [6.07, 6.45) is 0. The van der Waals surface area contributed by atoms with E-state index in [4.69, 9.17) is 0 Å². The van der Waals surface area contributed by atoms with Crippen LogP contribution in [0.15, 0.2) is 0 Å². The first-order chi connectivity index (χ1) is 8.51. The van der Waals surface area contributed by atoms with Gasteiger partial charge in [-0.1, -0.05) is 6.92 Å². The number of hydrogen-bond acceptors (Lipinski definition) is 3. The van der Waals surface area contributed by atoms with Crippen molar-refractivity contribution in [2.75, 3.05) is 26.2 Å². The molecular weight excluding hydrogens is 230 g/mol. The number of nitrogens with zero attached hydrogens (tertiary/aromatic N) is 1. The highest BCUT2D eigenvalue weighted by Gasteiger charge is 2.31. The van der Waals surface area contributed by atoms with E-state index in [-0.39, 0.29) is 17.7 Å². The maximum absolute atomic E-state index is 12.0. The quantitative estimate of drug-likeness (QED) is 0.738. The van der Waals surface area contributed by atoms with Crippen LogP contribution in [-0.2, 0) is 9.59 Å². The van der Waals surface area contributed by atoms with Gasteiger partial charge in [0.2, 0.25) is 11.8 Å². The fraction of sp³-hybridized carbons (Fsp3) is 0.846. The molecule has 3 atom stereocenters. The van der Waals surface area contributed by atoms with Crippen LogP contribution in [0.2, 0.25) is 0 Å². The second-order valence-corrected chi connectivity index (χ2v) is 4.98. The van der Waals surface area contributed by atoms with E-state index in [9.17, 15) is 9.59 Å². The smallest absolute Gasteiger partial charge is 0.244 e. The van der Waals surface area contributed by atoms with E-state index in [1.165, 1.54) is 0 Å². The van der Waals surface area contributed by atoms with E-state index < -0.39 is 6.04 Å². The van der Waals surface area contributed by atoms with Gasteiger partial charge < -0.3 is 15.5 Å². The fourth-order valence-corrected chi connectivity index (χ4v) is 2.35. The van der Waals surface area contributed by atoms with Gasteiger partial charge >= 0.3 is 0 Å². The number of rotatable bonds is 5. The monoisotopic (exact) mass is 255 g/mol. The summed E-state index contributed by atoms with van der Waals surface area (Å²) in [7, 11) is 0. The van der Waals surface area contributed by atoms with Crippen molar-refractivity contribution in [2.24, 2.45) is 11.8 Å². The molecule has 0 bridgehead atoms. The molecule has 0 spiro atoms. The Bertz CT molecular complexity index is 303. The number of nitrogens with one attached hydrogen (secondary N) is 2. The summed E-state index contributed by atoms with van der Waals surface area (Å²) in [5, 5.41) is 6.03. The van der Waals surface area contributed by atoms with E-state index in [0.29, 0.717) is 25.6 Å². The largest absolute Gasteiger partial charge is 0.344 e. The zero-order chi connectivity index (χ0) is 13.7. The summed E-state index contributed by atoms with van der Waals surface area (Å²) in [4.78, 5) is 25.8. The molecular formula is C13H25N3O2. The average Bonchev–Trinajstić information content (AvgIpc) is 2.76. The molecule has 3 unspecified atom stereocenters. The van der Waals surface area contributed by atoms with Crippen molar-refractivity contribution in [3.63, 3.8) is 0 Å². The zero-order valence-electron chi connectivity index (χ0n) is 11.8. The first-order valence-corrected chi connectivity index (χ1v) is 6.81. The third-order valence-corrected chi connectivity index (χ3v) is 3.66. The van der Waals surface area contributed by atoms with Crippen LogP contribution in [0.1, 0.15) is 27.7 Å². The number of carbonyl (C=O) groups is 2. The average molecular weight is 255 g/mol. The number of carbonyl (C=O) groups excluding carboxylic acids is 2. The minimum absolute atomic E-state index is 0.00745. The molecule has 0 aromatic carbocycles. The van der Waals surface area contributed by atoms with Crippen LogP contribution >= 0.6 is 0 Å². The van der Waals surface area contributed by atoms with Crippen LogP contribution < -0.4 is 10.6 Å². The van der Waals surface area contributed by atoms with Gasteiger partial charge in [-0.25, -0.2) is 0 Å². The molecule has 5 heteroatoms. The van der Waals surface area contributed by atoms with Crippen molar-refractivity contribution in [1.29, 1.82) is 0 Å². The first kappa shape index (κ1) is 15.0. The normalized spacial score (nSPS) is 24.7. The van der Waals surface area contributed by atoms with Crippen LogP contribution in [0, 0.1) is 11.8 Å². The van der Waals surface area contributed by atoms with Crippen molar-refractivity contribution in [1.82, 2.24) is 15.5 Å². The highest BCUT2D eigenvalue weighted by Crippen LogP contribution is 2.15. The van der Waals surface area contributed by atoms with Crippen molar-refractivity contribution in [2.45, 2.75) is 33.7 Å². The molecule has 0 aromatic rings. The van der Waals surface area contributed by atoms with E-state index in [2.05, 4.69) is 17.6 Å². The molecule has 0 saturated carbocycles. The van der Waals surface area contributed by atoms with Gasteiger partial charge in [-0.05, 0) is 33.2 Å². The van der Waals surface area contributed by atoms with E-state index in [1.807, 2.05) is 13.8 Å². The third-order valence-electron chi connectivity index (χ3n) is 3.66. The Morgan fingerprint density at radius 1 is 1.33 bits per heavy atom. The van der Waals surface area contributed by atoms with Gasteiger partial charge in [-0.15, -0.1) is 0 Å². The van der Waals surface area contributed by atoms with Gasteiger partial charge in [0.1, 0.15) is 6.04 Å². The molecule has 0 radical (unpaired) electrons. The predicted molar refractivity (Wildman–Crippen MR) is 71.1 cm³/mol. The SMILES string of the molecule is CCN(CC)C(=O)C(C)NC(=O)C1CNCC1C. The Morgan fingerprint density at radius 2 is 1.94 bits per heavy atom. The lowest BCUT2D eigenvalue weighted by molar-refractivity contribution is -0.136. The van der Waals surface area contributed by atoms with Crippen molar-refractivity contribution >= 4 is 11.8 Å². The number of likely N-dealkylation sites (N-methyl/N-ethyl adjacent to an activating group) is 1. The van der Waals surface area contributed by atoms with Gasteiger partial charge in [-0.2, -0.15) is 0 Å². The summed E-state index contributed by atoms with van der Waals surface area (Å²) < 4.78 is 0. The Hall–Kier alpha value is -1.10. The Kier molecular flexibility index (Phi) is 5.59. The van der Waals surface area contributed by atoms with Crippen molar-refractivity contribution in [3.05, 3.63) is 0 Å². The van der Waals surface area contributed by atoms with E-state index >= 15 is 0 Å². The van der Waals surface area contributed by atoms with Crippen LogP contribution in [0.4, 0.5) is 0 Å². The second kappa shape index (κ2) is 6.73. The minimum Gasteiger partial charge on any atom is -0.344 e. The fourth-order valence-electron chi connectivity index (χ4n) is 2.35. The molecule has 0 aliphatic carbocycles. The Balaban J connectivity index is 2.51. The molecule has 2 amide bonds. The standard InChI is InChI=1S/C13H25N3O2/c1-5-16(6-2)13(18)10(4)15-12(17)11-8-14-7-9(11)3/h9-11,14H,5-8H2,1-4H3,(H,15,17). The molecule has 1 fully saturated rings. The molecule has 18 heavy (non-hydrogen) atoms. The molecule has 1 heterocycles. The van der Waals surface area contributed by atoms with Gasteiger partial charge in [0, 0.05) is 19.6 Å². The molecule has 2 N–H and O–H groups in total. The van der Waals surface area contributed by atoms with Crippen LogP contribution in [0.3, 0.4) is 0 Å². The summed E-state index contributed by atoms with van der Waals surface area (Å²) >= 11 is 0. The van der Waals surface area contributed by atoms with E-state index in [1.54, 1.807) is 11.8 Å².